The maximum absolute atomic E-state index is 12.8. The number of carbonyl (C=O) groups excluding carboxylic acids is 2. The summed E-state index contributed by atoms with van der Waals surface area (Å²) in [7, 11) is 5.48. The highest BCUT2D eigenvalue weighted by molar-refractivity contribution is 5.72. The minimum atomic E-state index is -0.896. The van der Waals surface area contributed by atoms with Crippen LogP contribution in [0.3, 0.4) is 0 Å². The van der Waals surface area contributed by atoms with Gasteiger partial charge in [0.1, 0.15) is 6.61 Å². The number of carbonyl (C=O) groups is 3. The summed E-state index contributed by atoms with van der Waals surface area (Å²) in [6.45, 7) is 4.37. The van der Waals surface area contributed by atoms with E-state index in [1.165, 1.54) is 0 Å². The fraction of sp³-hybridized carbons (Fsp3) is 0.534. The van der Waals surface area contributed by atoms with Gasteiger partial charge in [0.15, 0.2) is 12.1 Å². The first kappa shape index (κ1) is 61.2. The van der Waals surface area contributed by atoms with Crippen molar-refractivity contribution < 1.29 is 38.2 Å². The van der Waals surface area contributed by atoms with Crippen LogP contribution in [0.4, 0.5) is 0 Å². The van der Waals surface area contributed by atoms with Crippen LogP contribution < -0.4 is 0 Å². The third kappa shape index (κ3) is 44.4. The highest BCUT2D eigenvalue weighted by atomic mass is 16.6. The summed E-state index contributed by atoms with van der Waals surface area (Å²) in [5, 5.41) is 9.65. The maximum atomic E-state index is 12.8. The smallest absolute Gasteiger partial charge is 0.362 e. The Morgan fingerprint density at radius 3 is 1.23 bits per heavy atom. The summed E-state index contributed by atoms with van der Waals surface area (Å²) >= 11 is 0. The second-order valence-electron chi connectivity index (χ2n) is 17.0. The molecule has 0 aliphatic heterocycles. The van der Waals surface area contributed by atoms with Gasteiger partial charge in [-0.15, -0.1) is 0 Å². The van der Waals surface area contributed by atoms with Gasteiger partial charge in [0.25, 0.3) is 0 Å². The minimum Gasteiger partial charge on any atom is -0.477 e. The number of esters is 2. The maximum Gasteiger partial charge on any atom is 0.362 e. The van der Waals surface area contributed by atoms with E-state index in [9.17, 15) is 19.5 Å². The number of carboxylic acid groups (broad SMARTS) is 1. The van der Waals surface area contributed by atoms with Crippen LogP contribution in [-0.2, 0) is 28.6 Å². The molecule has 0 aromatic carbocycles. The molecule has 0 bridgehead atoms. The molecule has 0 spiro atoms. The van der Waals surface area contributed by atoms with Crippen LogP contribution in [-0.4, -0.2) is 80.6 Å². The van der Waals surface area contributed by atoms with Gasteiger partial charge in [-0.05, 0) is 103 Å². The Morgan fingerprint density at radius 1 is 0.455 bits per heavy atom. The Labute approximate surface area is 402 Å². The summed E-state index contributed by atoms with van der Waals surface area (Å²) in [6.07, 6.45) is 69.1. The van der Waals surface area contributed by atoms with Crippen LogP contribution in [0.25, 0.3) is 0 Å². The highest BCUT2D eigenvalue weighted by Gasteiger charge is 2.31. The van der Waals surface area contributed by atoms with Crippen molar-refractivity contribution in [1.29, 1.82) is 0 Å². The van der Waals surface area contributed by atoms with Gasteiger partial charge in [0.05, 0.1) is 34.4 Å². The van der Waals surface area contributed by atoms with Crippen molar-refractivity contribution in [2.24, 2.45) is 0 Å². The summed E-state index contributed by atoms with van der Waals surface area (Å²) in [5.74, 6) is -1.63. The lowest BCUT2D eigenvalue weighted by Crippen LogP contribution is -2.50. The Balaban J connectivity index is 4.48. The number of hydrogen-bond acceptors (Lipinski definition) is 6. The molecule has 0 aromatic rings. The molecule has 8 nitrogen and oxygen atoms in total. The number of allylic oxidation sites excluding steroid dienone is 24. The third-order valence-corrected chi connectivity index (χ3v) is 10.00. The molecule has 1 N–H and O–H groups in total. The number of quaternary nitrogens is 1. The monoisotopic (exact) mass is 913 g/mol. The van der Waals surface area contributed by atoms with Gasteiger partial charge >= 0.3 is 17.9 Å². The van der Waals surface area contributed by atoms with E-state index in [1.54, 1.807) is 0 Å². The van der Waals surface area contributed by atoms with Crippen molar-refractivity contribution in [3.05, 3.63) is 146 Å². The molecule has 0 saturated heterocycles. The third-order valence-electron chi connectivity index (χ3n) is 10.00. The number of likely N-dealkylation sites (N-methyl/N-ethyl adjacent to an activating group) is 1. The molecule has 2 atom stereocenters. The molecule has 0 saturated carbocycles. The normalized spacial score (nSPS) is 14.1. The molecule has 66 heavy (non-hydrogen) atoms. The first-order chi connectivity index (χ1) is 32.1. The zero-order valence-electron chi connectivity index (χ0n) is 41.8. The number of unbranched alkanes of at least 4 members (excludes halogenated alkanes) is 4. The molecular weight excluding hydrogens is 823 g/mol. The van der Waals surface area contributed by atoms with E-state index in [-0.39, 0.29) is 49.1 Å². The summed E-state index contributed by atoms with van der Waals surface area (Å²) in [5.41, 5.74) is 0. The largest absolute Gasteiger partial charge is 0.477 e. The Morgan fingerprint density at radius 2 is 0.833 bits per heavy atom. The number of aliphatic carboxylic acids is 1. The predicted octanol–water partition coefficient (Wildman–Crippen LogP) is 14.5. The molecular formula is C58H90NO7+. The molecule has 368 valence electrons. The number of carboxylic acids is 1. The van der Waals surface area contributed by atoms with Crippen molar-refractivity contribution in [3.8, 4) is 0 Å². The number of ether oxygens (including phenoxy) is 3. The molecule has 0 rings (SSSR count). The van der Waals surface area contributed by atoms with E-state index < -0.39 is 18.1 Å². The average molecular weight is 913 g/mol. The second-order valence-corrected chi connectivity index (χ2v) is 17.0. The van der Waals surface area contributed by atoms with Crippen LogP contribution in [0.1, 0.15) is 149 Å². The first-order valence-electron chi connectivity index (χ1n) is 24.9. The Kier molecular flexibility index (Phi) is 43.3. The topological polar surface area (TPSA) is 99.1 Å². The van der Waals surface area contributed by atoms with E-state index in [1.807, 2.05) is 33.3 Å². The highest BCUT2D eigenvalue weighted by Crippen LogP contribution is 2.11. The van der Waals surface area contributed by atoms with E-state index in [2.05, 4.69) is 148 Å². The molecule has 0 heterocycles. The Hall–Kier alpha value is -4.79. The fourth-order valence-corrected chi connectivity index (χ4v) is 6.24. The molecule has 0 aromatic heterocycles. The zero-order chi connectivity index (χ0) is 48.4. The van der Waals surface area contributed by atoms with Crippen LogP contribution in [0.2, 0.25) is 0 Å². The second kappa shape index (κ2) is 46.7. The summed E-state index contributed by atoms with van der Waals surface area (Å²) < 4.78 is 17.2. The van der Waals surface area contributed by atoms with E-state index in [0.717, 1.165) is 103 Å². The molecule has 0 amide bonds. The van der Waals surface area contributed by atoms with Crippen molar-refractivity contribution in [3.63, 3.8) is 0 Å². The van der Waals surface area contributed by atoms with Crippen LogP contribution >= 0.6 is 0 Å². The minimum absolute atomic E-state index is 0.0155. The van der Waals surface area contributed by atoms with Crippen molar-refractivity contribution in [2.75, 3.05) is 41.0 Å². The van der Waals surface area contributed by atoms with Crippen molar-refractivity contribution in [1.82, 2.24) is 0 Å². The molecule has 2 unspecified atom stereocenters. The standard InChI is InChI=1S/C58H89NO7/c1-6-8-10-12-14-16-18-20-22-24-26-27-28-29-31-33-35-37-39-41-43-45-47-49-57(61)66-54(52-64-51-50-55(58(62)63)59(3,4)5)53-65-56(60)48-46-44-42-40-38-36-34-32-30-25-23-21-19-17-15-13-11-9-7-2/h8-11,14-17,20-23,26-27,29-32,35-38,42,44,54-55H,6-7,12-13,18-19,24-25,28,33-34,39-41,43,45-53H2,1-5H3/p+1/b10-8+,11-9+,16-14+,17-15+,22-20+,23-21+,27-26+,31-29+,32-30+,37-35+,38-36+,44-42+. The molecule has 0 aliphatic rings. The lowest BCUT2D eigenvalue weighted by atomic mass is 10.1. The molecule has 8 heteroatoms. The van der Waals surface area contributed by atoms with Crippen molar-refractivity contribution >= 4 is 17.9 Å². The fourth-order valence-electron chi connectivity index (χ4n) is 6.24. The van der Waals surface area contributed by atoms with Crippen LogP contribution in [0.5, 0.6) is 0 Å². The van der Waals surface area contributed by atoms with Gasteiger partial charge < -0.3 is 23.8 Å². The van der Waals surface area contributed by atoms with Crippen LogP contribution in [0.15, 0.2) is 146 Å². The first-order valence-corrected chi connectivity index (χ1v) is 24.9. The summed E-state index contributed by atoms with van der Waals surface area (Å²) in [4.78, 5) is 37.1. The zero-order valence-corrected chi connectivity index (χ0v) is 41.8. The number of hydrogen-bond donors (Lipinski definition) is 1. The van der Waals surface area contributed by atoms with Gasteiger partial charge in [-0.25, -0.2) is 4.79 Å². The lowest BCUT2D eigenvalue weighted by Gasteiger charge is -2.31. The number of rotatable bonds is 42. The van der Waals surface area contributed by atoms with Gasteiger partial charge in [-0.3, -0.25) is 9.59 Å². The number of nitrogens with zero attached hydrogens (tertiary/aromatic N) is 1. The SMILES string of the molecule is CC/C=C/C/C=C/C/C=C/C/C=C/C/C=C/C/C=C/CCCCCCC(=O)OC(COCCC(C(=O)O)[N+](C)(C)C)COC(=O)CC/C=C/C/C=C/C/C=C/C/C=C/C/C=C/C/C=C/CC. The van der Waals surface area contributed by atoms with Gasteiger partial charge in [0, 0.05) is 19.3 Å². The van der Waals surface area contributed by atoms with E-state index >= 15 is 0 Å². The molecule has 0 fully saturated rings. The van der Waals surface area contributed by atoms with Crippen molar-refractivity contribution in [2.45, 2.75) is 161 Å². The molecule has 0 radical (unpaired) electrons. The van der Waals surface area contributed by atoms with Gasteiger partial charge in [-0.2, -0.15) is 0 Å². The lowest BCUT2D eigenvalue weighted by molar-refractivity contribution is -0.887. The molecule has 0 aliphatic carbocycles. The predicted molar refractivity (Wildman–Crippen MR) is 279 cm³/mol. The summed E-state index contributed by atoms with van der Waals surface area (Å²) in [6, 6.07) is -0.641. The van der Waals surface area contributed by atoms with E-state index in [0.29, 0.717) is 19.3 Å². The van der Waals surface area contributed by atoms with Crippen LogP contribution in [0, 0.1) is 0 Å². The van der Waals surface area contributed by atoms with Gasteiger partial charge in [-0.1, -0.05) is 173 Å². The Bertz CT molecular complexity index is 1580. The van der Waals surface area contributed by atoms with Gasteiger partial charge in [0.2, 0.25) is 0 Å². The average Bonchev–Trinajstić information content (AvgIpc) is 3.28. The quantitative estimate of drug-likeness (QED) is 0.0282. The van der Waals surface area contributed by atoms with E-state index in [4.69, 9.17) is 14.2 Å².